The van der Waals surface area contributed by atoms with Crippen molar-refractivity contribution in [1.82, 2.24) is 10.2 Å². The van der Waals surface area contributed by atoms with Crippen LogP contribution in [0.15, 0.2) is 0 Å². The summed E-state index contributed by atoms with van der Waals surface area (Å²) in [6, 6.07) is -0.561. The minimum Gasteiger partial charge on any atom is -0.376 e. The number of carbonyl (C=O) groups is 2. The minimum atomic E-state index is -0.561. The van der Waals surface area contributed by atoms with Gasteiger partial charge in [-0.2, -0.15) is 0 Å². The van der Waals surface area contributed by atoms with Gasteiger partial charge in [0, 0.05) is 26.6 Å². The van der Waals surface area contributed by atoms with Crippen LogP contribution in [-0.4, -0.2) is 48.6 Å². The number of likely N-dealkylation sites (tertiary alicyclic amines) is 1. The van der Waals surface area contributed by atoms with E-state index in [1.54, 1.807) is 0 Å². The van der Waals surface area contributed by atoms with Gasteiger partial charge in [-0.25, -0.2) is 0 Å². The number of hydrogen-bond acceptors (Lipinski definition) is 3. The highest BCUT2D eigenvalue weighted by Gasteiger charge is 2.31. The predicted octanol–water partition coefficient (Wildman–Crippen LogP) is 2.49. The number of amides is 2. The van der Waals surface area contributed by atoms with Gasteiger partial charge in [0.15, 0.2) is 0 Å². The van der Waals surface area contributed by atoms with Crippen LogP contribution in [0.3, 0.4) is 0 Å². The predicted molar refractivity (Wildman–Crippen MR) is 90.0 cm³/mol. The van der Waals surface area contributed by atoms with E-state index < -0.39 is 6.04 Å². The summed E-state index contributed by atoms with van der Waals surface area (Å²) in [6.07, 6.45) is 9.33. The minimum absolute atomic E-state index is 0.0102. The number of nitrogens with zero attached hydrogens (tertiary/aromatic N) is 1. The first-order valence-electron chi connectivity index (χ1n) is 9.25. The maximum absolute atomic E-state index is 12.8. The molecule has 2 fully saturated rings. The molecule has 0 aromatic carbocycles. The standard InChI is InChI=1S/C18H32N2O3/c1-14(23-13-16-9-5-3-6-10-16)17(19-15(2)21)18(22)20-11-7-4-8-12-20/h14,16-17H,3-13H2,1-2H3,(H,19,21). The van der Waals surface area contributed by atoms with Crippen LogP contribution in [0, 0.1) is 5.92 Å². The summed E-state index contributed by atoms with van der Waals surface area (Å²) in [5.41, 5.74) is 0. The molecule has 1 saturated heterocycles. The molecule has 2 aliphatic rings. The van der Waals surface area contributed by atoms with Crippen LogP contribution >= 0.6 is 0 Å². The van der Waals surface area contributed by atoms with Crippen LogP contribution in [0.5, 0.6) is 0 Å². The lowest BCUT2D eigenvalue weighted by molar-refractivity contribution is -0.141. The van der Waals surface area contributed by atoms with Crippen molar-refractivity contribution in [3.8, 4) is 0 Å². The van der Waals surface area contributed by atoms with Gasteiger partial charge in [0.2, 0.25) is 11.8 Å². The third-order valence-corrected chi connectivity index (χ3v) is 5.08. The van der Waals surface area contributed by atoms with Crippen molar-refractivity contribution >= 4 is 11.8 Å². The first kappa shape index (κ1) is 18.2. The molecule has 1 aliphatic carbocycles. The number of ether oxygens (including phenoxy) is 1. The first-order chi connectivity index (χ1) is 11.1. The van der Waals surface area contributed by atoms with Gasteiger partial charge in [-0.05, 0) is 44.9 Å². The number of rotatable bonds is 6. The van der Waals surface area contributed by atoms with Crippen LogP contribution in [0.4, 0.5) is 0 Å². The smallest absolute Gasteiger partial charge is 0.247 e. The molecule has 0 bridgehead atoms. The van der Waals surface area contributed by atoms with Crippen LogP contribution in [-0.2, 0) is 14.3 Å². The second-order valence-electron chi connectivity index (χ2n) is 7.11. The number of carbonyl (C=O) groups excluding carboxylic acids is 2. The topological polar surface area (TPSA) is 58.6 Å². The Labute approximate surface area is 140 Å². The molecule has 0 radical (unpaired) electrons. The van der Waals surface area contributed by atoms with E-state index in [4.69, 9.17) is 4.74 Å². The zero-order valence-corrected chi connectivity index (χ0v) is 14.7. The maximum atomic E-state index is 12.8. The van der Waals surface area contributed by atoms with Gasteiger partial charge in [-0.1, -0.05) is 19.3 Å². The molecule has 132 valence electrons. The largest absolute Gasteiger partial charge is 0.376 e. The average molecular weight is 324 g/mol. The van der Waals surface area contributed by atoms with Crippen molar-refractivity contribution in [3.63, 3.8) is 0 Å². The van der Waals surface area contributed by atoms with Gasteiger partial charge in [0.05, 0.1) is 6.10 Å². The molecule has 2 rings (SSSR count). The van der Waals surface area contributed by atoms with Crippen molar-refractivity contribution in [2.45, 2.75) is 77.4 Å². The summed E-state index contributed by atoms with van der Waals surface area (Å²) in [4.78, 5) is 26.2. The lowest BCUT2D eigenvalue weighted by Crippen LogP contribution is -2.55. The lowest BCUT2D eigenvalue weighted by Gasteiger charge is -2.33. The summed E-state index contributed by atoms with van der Waals surface area (Å²) < 4.78 is 5.99. The van der Waals surface area contributed by atoms with E-state index >= 15 is 0 Å². The molecule has 2 atom stereocenters. The second-order valence-corrected chi connectivity index (χ2v) is 7.11. The van der Waals surface area contributed by atoms with E-state index in [1.807, 2.05) is 11.8 Å². The number of hydrogen-bond donors (Lipinski definition) is 1. The Morgan fingerprint density at radius 3 is 2.30 bits per heavy atom. The maximum Gasteiger partial charge on any atom is 0.247 e. The summed E-state index contributed by atoms with van der Waals surface area (Å²) in [7, 11) is 0. The van der Waals surface area contributed by atoms with E-state index in [9.17, 15) is 9.59 Å². The van der Waals surface area contributed by atoms with Crippen molar-refractivity contribution in [2.75, 3.05) is 19.7 Å². The Balaban J connectivity index is 1.89. The fourth-order valence-corrected chi connectivity index (χ4v) is 3.65. The van der Waals surface area contributed by atoms with Crippen LogP contribution in [0.1, 0.15) is 65.2 Å². The van der Waals surface area contributed by atoms with E-state index in [0.717, 1.165) is 25.9 Å². The molecular formula is C18H32N2O3. The fourth-order valence-electron chi connectivity index (χ4n) is 3.65. The Hall–Kier alpha value is -1.10. The molecule has 2 amide bonds. The van der Waals surface area contributed by atoms with Gasteiger partial charge in [-0.15, -0.1) is 0 Å². The van der Waals surface area contributed by atoms with E-state index in [-0.39, 0.29) is 17.9 Å². The van der Waals surface area contributed by atoms with Crippen molar-refractivity contribution in [2.24, 2.45) is 5.92 Å². The van der Waals surface area contributed by atoms with Crippen molar-refractivity contribution in [3.05, 3.63) is 0 Å². The first-order valence-corrected chi connectivity index (χ1v) is 9.25. The molecule has 0 aromatic rings. The molecular weight excluding hydrogens is 292 g/mol. The van der Waals surface area contributed by atoms with Gasteiger partial charge >= 0.3 is 0 Å². The Kier molecular flexibility index (Phi) is 7.34. The Morgan fingerprint density at radius 1 is 1.09 bits per heavy atom. The van der Waals surface area contributed by atoms with Gasteiger partial charge in [0.25, 0.3) is 0 Å². The molecule has 0 spiro atoms. The number of nitrogens with one attached hydrogen (secondary N) is 1. The average Bonchev–Trinajstić information content (AvgIpc) is 2.58. The quantitative estimate of drug-likeness (QED) is 0.816. The monoisotopic (exact) mass is 324 g/mol. The third kappa shape index (κ3) is 5.79. The van der Waals surface area contributed by atoms with Gasteiger partial charge < -0.3 is 15.0 Å². The molecule has 1 aliphatic heterocycles. The molecule has 5 nitrogen and oxygen atoms in total. The van der Waals surface area contributed by atoms with E-state index in [0.29, 0.717) is 12.5 Å². The fraction of sp³-hybridized carbons (Fsp3) is 0.889. The second kappa shape index (κ2) is 9.26. The molecule has 0 aromatic heterocycles. The number of piperidine rings is 1. The van der Waals surface area contributed by atoms with Crippen LogP contribution < -0.4 is 5.32 Å². The van der Waals surface area contributed by atoms with E-state index in [1.165, 1.54) is 45.4 Å². The highest BCUT2D eigenvalue weighted by atomic mass is 16.5. The van der Waals surface area contributed by atoms with E-state index in [2.05, 4.69) is 5.32 Å². The van der Waals surface area contributed by atoms with Crippen molar-refractivity contribution in [1.29, 1.82) is 0 Å². The van der Waals surface area contributed by atoms with Crippen LogP contribution in [0.2, 0.25) is 0 Å². The summed E-state index contributed by atoms with van der Waals surface area (Å²) in [6.45, 7) is 5.66. The highest BCUT2D eigenvalue weighted by Crippen LogP contribution is 2.24. The molecule has 1 saturated carbocycles. The Morgan fingerprint density at radius 2 is 1.70 bits per heavy atom. The third-order valence-electron chi connectivity index (χ3n) is 5.08. The molecule has 1 N–H and O–H groups in total. The van der Waals surface area contributed by atoms with Crippen LogP contribution in [0.25, 0.3) is 0 Å². The Bertz CT molecular complexity index is 388. The van der Waals surface area contributed by atoms with Gasteiger partial charge in [0.1, 0.15) is 6.04 Å². The lowest BCUT2D eigenvalue weighted by atomic mass is 9.90. The molecule has 5 heteroatoms. The van der Waals surface area contributed by atoms with Crippen molar-refractivity contribution < 1.29 is 14.3 Å². The normalized spacial score (nSPS) is 22.4. The van der Waals surface area contributed by atoms with Gasteiger partial charge in [-0.3, -0.25) is 9.59 Å². The molecule has 2 unspecified atom stereocenters. The molecule has 23 heavy (non-hydrogen) atoms. The SMILES string of the molecule is CC(=O)NC(C(=O)N1CCCCC1)C(C)OCC1CCCCC1. The highest BCUT2D eigenvalue weighted by molar-refractivity contribution is 5.87. The summed E-state index contributed by atoms with van der Waals surface area (Å²) in [5.74, 6) is 0.443. The zero-order chi connectivity index (χ0) is 16.7. The summed E-state index contributed by atoms with van der Waals surface area (Å²) in [5, 5.41) is 2.81. The zero-order valence-electron chi connectivity index (χ0n) is 14.7. The summed E-state index contributed by atoms with van der Waals surface area (Å²) >= 11 is 0. The molecule has 1 heterocycles.